The SMILES string of the molecule is Cc1nc(N2CCOCC2)[nH]c(=O)c1CCC(=O)N1CCN(C(=O)OC(C)(C)C)CC1. The third-order valence-corrected chi connectivity index (χ3v) is 5.39. The van der Waals surface area contributed by atoms with Gasteiger partial charge in [0.2, 0.25) is 11.9 Å². The maximum Gasteiger partial charge on any atom is 0.410 e. The Morgan fingerprint density at radius 1 is 1.06 bits per heavy atom. The second-order valence-electron chi connectivity index (χ2n) is 8.90. The van der Waals surface area contributed by atoms with E-state index < -0.39 is 5.60 Å². The molecule has 0 unspecified atom stereocenters. The maximum atomic E-state index is 12.7. The van der Waals surface area contributed by atoms with Crippen LogP contribution in [0, 0.1) is 6.92 Å². The van der Waals surface area contributed by atoms with Crippen LogP contribution >= 0.6 is 0 Å². The minimum Gasteiger partial charge on any atom is -0.444 e. The third-order valence-electron chi connectivity index (χ3n) is 5.39. The van der Waals surface area contributed by atoms with Gasteiger partial charge in [0.25, 0.3) is 5.56 Å². The highest BCUT2D eigenvalue weighted by molar-refractivity contribution is 5.77. The van der Waals surface area contributed by atoms with Gasteiger partial charge in [0.15, 0.2) is 0 Å². The highest BCUT2D eigenvalue weighted by Gasteiger charge is 2.27. The molecule has 10 nitrogen and oxygen atoms in total. The van der Waals surface area contributed by atoms with Crippen LogP contribution in [0.25, 0.3) is 0 Å². The number of carbonyl (C=O) groups is 2. The Bertz CT molecular complexity index is 849. The molecule has 0 atom stereocenters. The Morgan fingerprint density at radius 2 is 1.68 bits per heavy atom. The Labute approximate surface area is 182 Å². The fourth-order valence-corrected chi connectivity index (χ4v) is 3.67. The average molecular weight is 436 g/mol. The molecule has 172 valence electrons. The molecule has 3 rings (SSSR count). The van der Waals surface area contributed by atoms with E-state index in [-0.39, 0.29) is 24.0 Å². The van der Waals surface area contributed by atoms with Crippen LogP contribution in [-0.2, 0) is 20.7 Å². The van der Waals surface area contributed by atoms with E-state index in [0.717, 1.165) is 0 Å². The molecule has 2 fully saturated rings. The first kappa shape index (κ1) is 23.1. The molecule has 2 amide bonds. The zero-order chi connectivity index (χ0) is 22.6. The number of ether oxygens (including phenoxy) is 2. The molecule has 2 aliphatic rings. The molecule has 0 aliphatic carbocycles. The van der Waals surface area contributed by atoms with E-state index in [4.69, 9.17) is 9.47 Å². The first-order chi connectivity index (χ1) is 14.6. The Morgan fingerprint density at radius 3 is 2.26 bits per heavy atom. The van der Waals surface area contributed by atoms with Crippen LogP contribution in [0.2, 0.25) is 0 Å². The number of nitrogens with one attached hydrogen (secondary N) is 1. The van der Waals surface area contributed by atoms with Crippen molar-refractivity contribution in [2.45, 2.75) is 46.1 Å². The third kappa shape index (κ3) is 6.19. The van der Waals surface area contributed by atoms with Gasteiger partial charge in [-0.2, -0.15) is 0 Å². The van der Waals surface area contributed by atoms with Crippen molar-refractivity contribution in [2.75, 3.05) is 57.4 Å². The van der Waals surface area contributed by atoms with Gasteiger partial charge in [-0.05, 0) is 34.1 Å². The van der Waals surface area contributed by atoms with E-state index in [9.17, 15) is 14.4 Å². The number of piperazine rings is 1. The number of aromatic nitrogens is 2. The number of aromatic amines is 1. The monoisotopic (exact) mass is 435 g/mol. The van der Waals surface area contributed by atoms with Crippen LogP contribution in [0.1, 0.15) is 38.4 Å². The fraction of sp³-hybridized carbons (Fsp3) is 0.714. The van der Waals surface area contributed by atoms with Crippen molar-refractivity contribution in [1.29, 1.82) is 0 Å². The zero-order valence-corrected chi connectivity index (χ0v) is 18.9. The van der Waals surface area contributed by atoms with Crippen LogP contribution in [0.5, 0.6) is 0 Å². The van der Waals surface area contributed by atoms with Crippen molar-refractivity contribution in [2.24, 2.45) is 0 Å². The lowest BCUT2D eigenvalue weighted by Gasteiger charge is -2.35. The first-order valence-electron chi connectivity index (χ1n) is 10.8. The van der Waals surface area contributed by atoms with Crippen LogP contribution < -0.4 is 10.5 Å². The topological polar surface area (TPSA) is 108 Å². The molecule has 3 heterocycles. The molecular formula is C21H33N5O5. The number of aryl methyl sites for hydroxylation is 1. The largest absolute Gasteiger partial charge is 0.444 e. The maximum absolute atomic E-state index is 12.7. The quantitative estimate of drug-likeness (QED) is 0.749. The van der Waals surface area contributed by atoms with E-state index >= 15 is 0 Å². The number of hydrogen-bond acceptors (Lipinski definition) is 7. The molecule has 31 heavy (non-hydrogen) atoms. The summed E-state index contributed by atoms with van der Waals surface area (Å²) < 4.78 is 10.7. The summed E-state index contributed by atoms with van der Waals surface area (Å²) in [6.07, 6.45) is 0.214. The molecule has 1 aromatic rings. The fourth-order valence-electron chi connectivity index (χ4n) is 3.67. The lowest BCUT2D eigenvalue weighted by Crippen LogP contribution is -2.51. The lowest BCUT2D eigenvalue weighted by atomic mass is 10.1. The van der Waals surface area contributed by atoms with Crippen molar-refractivity contribution < 1.29 is 19.1 Å². The van der Waals surface area contributed by atoms with Gasteiger partial charge in [-0.1, -0.05) is 0 Å². The Hall–Kier alpha value is -2.62. The van der Waals surface area contributed by atoms with Crippen molar-refractivity contribution in [3.8, 4) is 0 Å². The summed E-state index contributed by atoms with van der Waals surface area (Å²) in [6, 6.07) is 0. The van der Waals surface area contributed by atoms with Gasteiger partial charge < -0.3 is 24.2 Å². The predicted molar refractivity (Wildman–Crippen MR) is 115 cm³/mol. The standard InChI is InChI=1S/C21H33N5O5/c1-15-16(18(28)23-19(22-15)25-11-13-30-14-12-25)5-6-17(27)24-7-9-26(10-8-24)20(29)31-21(2,3)4/h5-14H2,1-4H3,(H,22,23,28). The predicted octanol–water partition coefficient (Wildman–Crippen LogP) is 0.927. The highest BCUT2D eigenvalue weighted by atomic mass is 16.6. The Kier molecular flexibility index (Phi) is 7.19. The van der Waals surface area contributed by atoms with Gasteiger partial charge in [0, 0.05) is 56.9 Å². The van der Waals surface area contributed by atoms with Gasteiger partial charge in [-0.3, -0.25) is 14.6 Å². The number of hydrogen-bond donors (Lipinski definition) is 1. The molecule has 2 aliphatic heterocycles. The number of nitrogens with zero attached hydrogens (tertiary/aromatic N) is 4. The number of rotatable bonds is 4. The minimum absolute atomic E-state index is 0.0279. The number of carbonyl (C=O) groups excluding carboxylic acids is 2. The summed E-state index contributed by atoms with van der Waals surface area (Å²) in [6.45, 7) is 11.7. The van der Waals surface area contributed by atoms with E-state index in [2.05, 4.69) is 9.97 Å². The number of morpholine rings is 1. The summed E-state index contributed by atoms with van der Waals surface area (Å²) >= 11 is 0. The molecule has 0 bridgehead atoms. The molecule has 0 aromatic carbocycles. The van der Waals surface area contributed by atoms with Crippen LogP contribution in [0.4, 0.5) is 10.7 Å². The van der Waals surface area contributed by atoms with Crippen molar-refractivity contribution in [1.82, 2.24) is 19.8 Å². The molecule has 1 N–H and O–H groups in total. The van der Waals surface area contributed by atoms with Crippen LogP contribution in [-0.4, -0.2) is 89.9 Å². The van der Waals surface area contributed by atoms with Crippen molar-refractivity contribution >= 4 is 17.9 Å². The van der Waals surface area contributed by atoms with E-state index in [1.54, 1.807) is 16.7 Å². The molecule has 2 saturated heterocycles. The van der Waals surface area contributed by atoms with Gasteiger partial charge in [-0.15, -0.1) is 0 Å². The van der Waals surface area contributed by atoms with Gasteiger partial charge in [-0.25, -0.2) is 9.78 Å². The number of amides is 2. The molecule has 0 spiro atoms. The van der Waals surface area contributed by atoms with E-state index in [1.807, 2.05) is 25.7 Å². The zero-order valence-electron chi connectivity index (χ0n) is 18.9. The van der Waals surface area contributed by atoms with Crippen LogP contribution in [0.15, 0.2) is 4.79 Å². The molecule has 1 aromatic heterocycles. The Balaban J connectivity index is 1.52. The van der Waals surface area contributed by atoms with E-state index in [0.29, 0.717) is 76.1 Å². The summed E-state index contributed by atoms with van der Waals surface area (Å²) in [7, 11) is 0. The second kappa shape index (κ2) is 9.67. The summed E-state index contributed by atoms with van der Waals surface area (Å²) in [5.74, 6) is 0.527. The molecule has 0 saturated carbocycles. The van der Waals surface area contributed by atoms with Gasteiger partial charge in [0.05, 0.1) is 13.2 Å². The molecule has 10 heteroatoms. The summed E-state index contributed by atoms with van der Waals surface area (Å²) in [4.78, 5) is 50.1. The van der Waals surface area contributed by atoms with E-state index in [1.165, 1.54) is 0 Å². The van der Waals surface area contributed by atoms with Gasteiger partial charge in [0.1, 0.15) is 5.60 Å². The van der Waals surface area contributed by atoms with Crippen molar-refractivity contribution in [3.63, 3.8) is 0 Å². The van der Waals surface area contributed by atoms with Crippen molar-refractivity contribution in [3.05, 3.63) is 21.6 Å². The van der Waals surface area contributed by atoms with Gasteiger partial charge >= 0.3 is 6.09 Å². The minimum atomic E-state index is -0.541. The number of H-pyrrole nitrogens is 1. The first-order valence-corrected chi connectivity index (χ1v) is 10.8. The van der Waals surface area contributed by atoms with Crippen LogP contribution in [0.3, 0.4) is 0 Å². The number of anilines is 1. The normalized spacial score (nSPS) is 17.6. The lowest BCUT2D eigenvalue weighted by molar-refractivity contribution is -0.132. The molecule has 0 radical (unpaired) electrons. The summed E-state index contributed by atoms with van der Waals surface area (Å²) in [5.41, 5.74) is 0.447. The smallest absolute Gasteiger partial charge is 0.410 e. The highest BCUT2D eigenvalue weighted by Crippen LogP contribution is 2.14. The molecular weight excluding hydrogens is 402 g/mol. The average Bonchev–Trinajstić information content (AvgIpc) is 2.72. The summed E-state index contributed by atoms with van der Waals surface area (Å²) in [5, 5.41) is 0. The second-order valence-corrected chi connectivity index (χ2v) is 8.90.